The molecule has 2 aliphatic heterocycles. The van der Waals surface area contributed by atoms with Gasteiger partial charge in [0.2, 0.25) is 15.9 Å². The molecule has 3 rings (SSSR count). The van der Waals surface area contributed by atoms with Crippen molar-refractivity contribution in [3.8, 4) is 0 Å². The van der Waals surface area contributed by atoms with E-state index in [4.69, 9.17) is 0 Å². The zero-order chi connectivity index (χ0) is 18.9. The smallest absolute Gasteiger partial charge is 0.270 e. The monoisotopic (exact) mass is 378 g/mol. The Kier molecular flexibility index (Phi) is 5.10. The Balaban J connectivity index is 1.68. The van der Waals surface area contributed by atoms with Crippen LogP contribution in [0.2, 0.25) is 0 Å². The molecule has 2 heterocycles. The molecule has 0 radical (unpaired) electrons. The van der Waals surface area contributed by atoms with Gasteiger partial charge in [0.1, 0.15) is 5.71 Å². The van der Waals surface area contributed by atoms with Gasteiger partial charge in [0, 0.05) is 39.0 Å². The summed E-state index contributed by atoms with van der Waals surface area (Å²) in [6, 6.07) is 5.27. The lowest BCUT2D eigenvalue weighted by Crippen LogP contribution is -2.52. The van der Waals surface area contributed by atoms with Crippen LogP contribution in [0, 0.1) is 13.8 Å². The Morgan fingerprint density at radius 1 is 1.12 bits per heavy atom. The topological polar surface area (TPSA) is 99.2 Å². The molecule has 0 aliphatic carbocycles. The highest BCUT2D eigenvalue weighted by atomic mass is 32.2. The molecule has 9 heteroatoms. The van der Waals surface area contributed by atoms with Crippen LogP contribution < -0.4 is 5.43 Å². The van der Waals surface area contributed by atoms with Gasteiger partial charge in [-0.25, -0.2) is 13.8 Å². The molecule has 1 aromatic carbocycles. The van der Waals surface area contributed by atoms with E-state index in [9.17, 15) is 18.0 Å². The van der Waals surface area contributed by atoms with E-state index >= 15 is 0 Å². The molecule has 0 atom stereocenters. The molecular formula is C17H22N4O4S. The predicted molar refractivity (Wildman–Crippen MR) is 96.1 cm³/mol. The molecule has 1 aromatic rings. The van der Waals surface area contributed by atoms with Crippen molar-refractivity contribution < 1.29 is 18.0 Å². The summed E-state index contributed by atoms with van der Waals surface area (Å²) in [4.78, 5) is 25.5. The summed E-state index contributed by atoms with van der Waals surface area (Å²) in [5.41, 5.74) is 4.36. The van der Waals surface area contributed by atoms with Gasteiger partial charge in [-0.1, -0.05) is 17.7 Å². The lowest BCUT2D eigenvalue weighted by molar-refractivity contribution is -0.125. The first-order valence-corrected chi connectivity index (χ1v) is 9.95. The average molecular weight is 378 g/mol. The number of amides is 2. The summed E-state index contributed by atoms with van der Waals surface area (Å²) in [5, 5.41) is 3.81. The number of piperazine rings is 1. The van der Waals surface area contributed by atoms with Gasteiger partial charge in [-0.05, 0) is 25.5 Å². The molecule has 8 nitrogen and oxygen atoms in total. The van der Waals surface area contributed by atoms with Crippen LogP contribution in [0.25, 0.3) is 0 Å². The van der Waals surface area contributed by atoms with Gasteiger partial charge in [-0.3, -0.25) is 9.59 Å². The summed E-state index contributed by atoms with van der Waals surface area (Å²) in [6.07, 6.45) is 0.553. The highest BCUT2D eigenvalue weighted by molar-refractivity contribution is 7.89. The molecule has 0 saturated carbocycles. The number of carbonyl (C=O) groups excluding carboxylic acids is 2. The third-order valence-corrected chi connectivity index (χ3v) is 6.68. The molecule has 0 bridgehead atoms. The van der Waals surface area contributed by atoms with Crippen molar-refractivity contribution in [1.82, 2.24) is 14.6 Å². The minimum absolute atomic E-state index is 0.203. The second kappa shape index (κ2) is 7.16. The number of nitrogens with one attached hydrogen (secondary N) is 1. The minimum Gasteiger partial charge on any atom is -0.335 e. The number of nitrogens with zero attached hydrogens (tertiary/aromatic N) is 3. The van der Waals surface area contributed by atoms with Crippen molar-refractivity contribution in [2.24, 2.45) is 5.10 Å². The maximum atomic E-state index is 12.9. The number of carbonyl (C=O) groups is 2. The Labute approximate surface area is 152 Å². The van der Waals surface area contributed by atoms with Crippen LogP contribution in [-0.4, -0.2) is 61.3 Å². The van der Waals surface area contributed by atoms with Crippen LogP contribution in [0.15, 0.2) is 28.2 Å². The maximum absolute atomic E-state index is 12.9. The highest BCUT2D eigenvalue weighted by Gasteiger charge is 2.32. The van der Waals surface area contributed by atoms with Gasteiger partial charge < -0.3 is 4.90 Å². The molecule has 2 aliphatic rings. The van der Waals surface area contributed by atoms with Gasteiger partial charge in [0.25, 0.3) is 5.91 Å². The Hall–Kier alpha value is -2.26. The number of hydrogen-bond donors (Lipinski definition) is 1. The van der Waals surface area contributed by atoms with Crippen LogP contribution in [0.3, 0.4) is 0 Å². The first-order chi connectivity index (χ1) is 12.3. The quantitative estimate of drug-likeness (QED) is 0.823. The molecule has 0 aromatic heterocycles. The van der Waals surface area contributed by atoms with E-state index in [0.717, 1.165) is 11.1 Å². The molecule has 2 amide bonds. The number of aryl methyl sites for hydroxylation is 2. The normalized spacial score (nSPS) is 19.1. The molecule has 0 spiro atoms. The molecule has 1 fully saturated rings. The standard InChI is InChI=1S/C17H22N4O4S/c1-12-3-5-15(13(2)11-12)26(24,25)21-9-7-20(8-10-21)17(23)14-4-6-16(22)19-18-14/h3,5,11H,4,6-10H2,1-2H3,(H,19,22). The molecular weight excluding hydrogens is 356 g/mol. The lowest BCUT2D eigenvalue weighted by Gasteiger charge is -2.34. The van der Waals surface area contributed by atoms with Crippen LogP contribution in [-0.2, 0) is 19.6 Å². The second-order valence-corrected chi connectivity index (χ2v) is 8.47. The van der Waals surface area contributed by atoms with Gasteiger partial charge in [-0.2, -0.15) is 9.41 Å². The number of sulfonamides is 1. The summed E-state index contributed by atoms with van der Waals surface area (Å²) in [7, 11) is -3.58. The zero-order valence-corrected chi connectivity index (χ0v) is 15.7. The van der Waals surface area contributed by atoms with Crippen LogP contribution in [0.5, 0.6) is 0 Å². The van der Waals surface area contributed by atoms with Crippen molar-refractivity contribution in [2.75, 3.05) is 26.2 Å². The fourth-order valence-corrected chi connectivity index (χ4v) is 4.80. The molecule has 0 unspecified atom stereocenters. The Morgan fingerprint density at radius 3 is 2.38 bits per heavy atom. The van der Waals surface area contributed by atoms with E-state index in [-0.39, 0.29) is 31.3 Å². The summed E-state index contributed by atoms with van der Waals surface area (Å²) in [5.74, 6) is -0.445. The largest absolute Gasteiger partial charge is 0.335 e. The molecule has 1 saturated heterocycles. The molecule has 1 N–H and O–H groups in total. The lowest BCUT2D eigenvalue weighted by atomic mass is 10.1. The van der Waals surface area contributed by atoms with E-state index in [1.807, 2.05) is 13.0 Å². The fraction of sp³-hybridized carbons (Fsp3) is 0.471. The van der Waals surface area contributed by atoms with Crippen molar-refractivity contribution in [1.29, 1.82) is 0 Å². The first kappa shape index (κ1) is 18.5. The van der Waals surface area contributed by atoms with Crippen molar-refractivity contribution >= 4 is 27.5 Å². The number of hydrazone groups is 1. The number of benzene rings is 1. The van der Waals surface area contributed by atoms with Gasteiger partial charge in [0.05, 0.1) is 4.90 Å². The zero-order valence-electron chi connectivity index (χ0n) is 14.9. The van der Waals surface area contributed by atoms with E-state index < -0.39 is 10.0 Å². The third kappa shape index (κ3) is 3.63. The maximum Gasteiger partial charge on any atom is 0.270 e. The Bertz CT molecular complexity index is 871. The SMILES string of the molecule is Cc1ccc(S(=O)(=O)N2CCN(C(=O)C3=NNC(=O)CC3)CC2)c(C)c1. The van der Waals surface area contributed by atoms with Crippen LogP contribution in [0.4, 0.5) is 0 Å². The highest BCUT2D eigenvalue weighted by Crippen LogP contribution is 2.22. The van der Waals surface area contributed by atoms with Crippen LogP contribution in [0.1, 0.15) is 24.0 Å². The first-order valence-electron chi connectivity index (χ1n) is 8.51. The van der Waals surface area contributed by atoms with E-state index in [0.29, 0.717) is 30.1 Å². The summed E-state index contributed by atoms with van der Waals surface area (Å²) < 4.78 is 27.2. The molecule has 26 heavy (non-hydrogen) atoms. The number of rotatable bonds is 3. The summed E-state index contributed by atoms with van der Waals surface area (Å²) in [6.45, 7) is 4.79. The third-order valence-electron chi connectivity index (χ3n) is 4.63. The van der Waals surface area contributed by atoms with Gasteiger partial charge in [-0.15, -0.1) is 0 Å². The van der Waals surface area contributed by atoms with Crippen molar-refractivity contribution in [2.45, 2.75) is 31.6 Å². The van der Waals surface area contributed by atoms with Crippen LogP contribution >= 0.6 is 0 Å². The summed E-state index contributed by atoms with van der Waals surface area (Å²) >= 11 is 0. The number of hydrogen-bond acceptors (Lipinski definition) is 5. The van der Waals surface area contributed by atoms with Gasteiger partial charge in [0.15, 0.2) is 0 Å². The Morgan fingerprint density at radius 2 is 1.81 bits per heavy atom. The molecule has 140 valence electrons. The van der Waals surface area contributed by atoms with E-state index in [1.165, 1.54) is 4.31 Å². The fourth-order valence-electron chi connectivity index (χ4n) is 3.17. The van der Waals surface area contributed by atoms with E-state index in [2.05, 4.69) is 10.5 Å². The predicted octanol–water partition coefficient (Wildman–Crippen LogP) is 0.402. The minimum atomic E-state index is -3.58. The van der Waals surface area contributed by atoms with Crippen molar-refractivity contribution in [3.63, 3.8) is 0 Å². The van der Waals surface area contributed by atoms with Crippen molar-refractivity contribution in [3.05, 3.63) is 29.3 Å². The van der Waals surface area contributed by atoms with Gasteiger partial charge >= 0.3 is 0 Å². The average Bonchev–Trinajstić information content (AvgIpc) is 2.61. The second-order valence-electron chi connectivity index (χ2n) is 6.56. The van der Waals surface area contributed by atoms with E-state index in [1.54, 1.807) is 24.0 Å².